The second-order valence-corrected chi connectivity index (χ2v) is 5.03. The van der Waals surface area contributed by atoms with E-state index < -0.39 is 0 Å². The van der Waals surface area contributed by atoms with E-state index in [1.54, 1.807) is 0 Å². The van der Waals surface area contributed by atoms with Gasteiger partial charge in [-0.25, -0.2) is 0 Å². The molecule has 2 fully saturated rings. The Balaban J connectivity index is 1.47. The van der Waals surface area contributed by atoms with Gasteiger partial charge in [-0.05, 0) is 37.5 Å². The van der Waals surface area contributed by atoms with Crippen LogP contribution in [0.2, 0.25) is 0 Å². The van der Waals surface area contributed by atoms with Crippen molar-refractivity contribution in [1.82, 2.24) is 5.48 Å². The van der Waals surface area contributed by atoms with E-state index >= 15 is 0 Å². The molecule has 3 atom stereocenters. The summed E-state index contributed by atoms with van der Waals surface area (Å²) >= 11 is 0. The van der Waals surface area contributed by atoms with Gasteiger partial charge in [0.2, 0.25) is 0 Å². The third kappa shape index (κ3) is 1.61. The highest BCUT2D eigenvalue weighted by Gasteiger charge is 2.36. The first-order valence-electron chi connectivity index (χ1n) is 6.01. The minimum Gasteiger partial charge on any atom is -0.298 e. The molecule has 3 rings (SSSR count). The van der Waals surface area contributed by atoms with Crippen LogP contribution in [0.15, 0.2) is 12.2 Å². The van der Waals surface area contributed by atoms with Gasteiger partial charge in [-0.3, -0.25) is 4.84 Å². The van der Waals surface area contributed by atoms with Crippen molar-refractivity contribution in [2.75, 3.05) is 0 Å². The molecular formula is C12H19NO. The van der Waals surface area contributed by atoms with Crippen molar-refractivity contribution < 1.29 is 4.84 Å². The van der Waals surface area contributed by atoms with E-state index in [0.29, 0.717) is 12.1 Å². The summed E-state index contributed by atoms with van der Waals surface area (Å²) in [5.74, 6) is 1.59. The lowest BCUT2D eigenvalue weighted by Gasteiger charge is -2.21. The number of hydrogen-bond acceptors (Lipinski definition) is 2. The Bertz CT molecular complexity index is 232. The highest BCUT2D eigenvalue weighted by molar-refractivity contribution is 5.12. The van der Waals surface area contributed by atoms with Crippen LogP contribution in [0.5, 0.6) is 0 Å². The van der Waals surface area contributed by atoms with Crippen molar-refractivity contribution in [3.63, 3.8) is 0 Å². The Morgan fingerprint density at radius 3 is 2.57 bits per heavy atom. The van der Waals surface area contributed by atoms with Crippen LogP contribution in [0.1, 0.15) is 38.5 Å². The lowest BCUT2D eigenvalue weighted by molar-refractivity contribution is -0.0443. The van der Waals surface area contributed by atoms with Gasteiger partial charge in [0.05, 0.1) is 6.10 Å². The lowest BCUT2D eigenvalue weighted by atomic mass is 10.0. The third-order valence-electron chi connectivity index (χ3n) is 3.97. The van der Waals surface area contributed by atoms with Crippen molar-refractivity contribution in [2.45, 2.75) is 50.7 Å². The Labute approximate surface area is 85.7 Å². The van der Waals surface area contributed by atoms with Crippen LogP contribution < -0.4 is 5.48 Å². The number of nitrogens with one attached hydrogen (secondary N) is 1. The molecule has 78 valence electrons. The fourth-order valence-corrected chi connectivity index (χ4v) is 3.11. The molecule has 0 spiro atoms. The molecule has 0 heterocycles. The fourth-order valence-electron chi connectivity index (χ4n) is 3.11. The summed E-state index contributed by atoms with van der Waals surface area (Å²) in [6.45, 7) is 0. The molecule has 2 nitrogen and oxygen atoms in total. The van der Waals surface area contributed by atoms with Crippen molar-refractivity contribution in [1.29, 1.82) is 0 Å². The van der Waals surface area contributed by atoms with Gasteiger partial charge in [0, 0.05) is 6.04 Å². The summed E-state index contributed by atoms with van der Waals surface area (Å²) in [4.78, 5) is 5.76. The molecule has 3 aliphatic carbocycles. The molecule has 0 aromatic rings. The second kappa shape index (κ2) is 3.67. The molecule has 0 amide bonds. The maximum absolute atomic E-state index is 5.76. The van der Waals surface area contributed by atoms with E-state index in [1.165, 1.54) is 38.5 Å². The molecule has 2 heteroatoms. The van der Waals surface area contributed by atoms with Crippen LogP contribution in [-0.2, 0) is 4.84 Å². The van der Waals surface area contributed by atoms with Gasteiger partial charge in [0.25, 0.3) is 0 Å². The van der Waals surface area contributed by atoms with Crippen LogP contribution in [0.25, 0.3) is 0 Å². The van der Waals surface area contributed by atoms with Crippen molar-refractivity contribution >= 4 is 0 Å². The largest absolute Gasteiger partial charge is 0.298 e. The summed E-state index contributed by atoms with van der Waals surface area (Å²) in [5.41, 5.74) is 3.30. The summed E-state index contributed by atoms with van der Waals surface area (Å²) in [5, 5.41) is 0. The minimum atomic E-state index is 0.498. The van der Waals surface area contributed by atoms with Crippen molar-refractivity contribution in [2.24, 2.45) is 11.8 Å². The third-order valence-corrected chi connectivity index (χ3v) is 3.97. The molecule has 0 aliphatic heterocycles. The van der Waals surface area contributed by atoms with Crippen LogP contribution >= 0.6 is 0 Å². The Hall–Kier alpha value is -0.340. The molecule has 0 aromatic heterocycles. The van der Waals surface area contributed by atoms with E-state index in [-0.39, 0.29) is 0 Å². The van der Waals surface area contributed by atoms with Crippen LogP contribution in [0.4, 0.5) is 0 Å². The van der Waals surface area contributed by atoms with Crippen molar-refractivity contribution in [3.8, 4) is 0 Å². The first-order valence-corrected chi connectivity index (χ1v) is 6.01. The zero-order valence-corrected chi connectivity index (χ0v) is 8.61. The first kappa shape index (κ1) is 8.93. The maximum Gasteiger partial charge on any atom is 0.0790 e. The van der Waals surface area contributed by atoms with E-state index in [9.17, 15) is 0 Å². The highest BCUT2D eigenvalue weighted by atomic mass is 16.7. The van der Waals surface area contributed by atoms with E-state index in [2.05, 4.69) is 17.6 Å². The molecule has 3 unspecified atom stereocenters. The summed E-state index contributed by atoms with van der Waals surface area (Å²) in [6.07, 6.45) is 13.1. The number of rotatable bonds is 3. The van der Waals surface area contributed by atoms with Crippen LogP contribution in [0, 0.1) is 11.8 Å². The molecule has 0 radical (unpaired) electrons. The number of hydroxylamine groups is 1. The molecule has 3 aliphatic rings. The molecule has 2 bridgehead atoms. The van der Waals surface area contributed by atoms with Gasteiger partial charge in [0.15, 0.2) is 0 Å². The molecule has 1 N–H and O–H groups in total. The van der Waals surface area contributed by atoms with Gasteiger partial charge < -0.3 is 0 Å². The minimum absolute atomic E-state index is 0.498. The normalized spacial score (nSPS) is 41.3. The van der Waals surface area contributed by atoms with E-state index in [4.69, 9.17) is 4.84 Å². The Morgan fingerprint density at radius 1 is 1.07 bits per heavy atom. The molecule has 0 aromatic carbocycles. The van der Waals surface area contributed by atoms with Gasteiger partial charge in [-0.2, -0.15) is 5.48 Å². The SMILES string of the molecule is C1=CC2CC1CC2NOC1CCCC1. The first-order chi connectivity index (χ1) is 6.92. The van der Waals surface area contributed by atoms with E-state index in [1.807, 2.05) is 0 Å². The molecule has 0 saturated heterocycles. The smallest absolute Gasteiger partial charge is 0.0790 e. The van der Waals surface area contributed by atoms with Crippen LogP contribution in [-0.4, -0.2) is 12.1 Å². The predicted octanol–water partition coefficient (Wildman–Crippen LogP) is 2.41. The van der Waals surface area contributed by atoms with Gasteiger partial charge >= 0.3 is 0 Å². The topological polar surface area (TPSA) is 21.3 Å². The van der Waals surface area contributed by atoms with Gasteiger partial charge in [-0.1, -0.05) is 25.0 Å². The lowest BCUT2D eigenvalue weighted by Crippen LogP contribution is -2.35. The van der Waals surface area contributed by atoms with Gasteiger partial charge in [0.1, 0.15) is 0 Å². The molecule has 14 heavy (non-hydrogen) atoms. The fraction of sp³-hybridized carbons (Fsp3) is 0.833. The van der Waals surface area contributed by atoms with Crippen LogP contribution in [0.3, 0.4) is 0 Å². The maximum atomic E-state index is 5.76. The summed E-state index contributed by atoms with van der Waals surface area (Å²) < 4.78 is 0. The highest BCUT2D eigenvalue weighted by Crippen LogP contribution is 2.39. The quantitative estimate of drug-likeness (QED) is 0.549. The van der Waals surface area contributed by atoms with Gasteiger partial charge in [-0.15, -0.1) is 0 Å². The number of fused-ring (bicyclic) bond motifs is 2. The number of hydrogen-bond donors (Lipinski definition) is 1. The molecular weight excluding hydrogens is 174 g/mol. The van der Waals surface area contributed by atoms with Crippen molar-refractivity contribution in [3.05, 3.63) is 12.2 Å². The standard InChI is InChI=1S/C12H19NO/c1-2-4-11(3-1)14-13-12-8-9-5-6-10(12)7-9/h5-6,9-13H,1-4,7-8H2. The zero-order valence-electron chi connectivity index (χ0n) is 8.61. The summed E-state index contributed by atoms with van der Waals surface area (Å²) in [6, 6.07) is 0.602. The average molecular weight is 193 g/mol. The Morgan fingerprint density at radius 2 is 1.93 bits per heavy atom. The summed E-state index contributed by atoms with van der Waals surface area (Å²) in [7, 11) is 0. The number of allylic oxidation sites excluding steroid dienone is 1. The second-order valence-electron chi connectivity index (χ2n) is 5.03. The van der Waals surface area contributed by atoms with E-state index in [0.717, 1.165) is 11.8 Å². The predicted molar refractivity (Wildman–Crippen MR) is 55.6 cm³/mol. The monoisotopic (exact) mass is 193 g/mol. The molecule has 2 saturated carbocycles. The average Bonchev–Trinajstić information content (AvgIpc) is 2.91. The Kier molecular flexibility index (Phi) is 2.34. The zero-order chi connectivity index (χ0) is 9.38.